The molecule has 2 rings (SSSR count). The van der Waals surface area contributed by atoms with Gasteiger partial charge < -0.3 is 15.4 Å². The zero-order chi connectivity index (χ0) is 13.5. The van der Waals surface area contributed by atoms with Gasteiger partial charge in [0.2, 0.25) is 5.91 Å². The summed E-state index contributed by atoms with van der Waals surface area (Å²) in [5, 5.41) is 6.45. The summed E-state index contributed by atoms with van der Waals surface area (Å²) in [5.41, 5.74) is 0. The Balaban J connectivity index is 0.00000200. The van der Waals surface area contributed by atoms with Gasteiger partial charge in [0.1, 0.15) is 0 Å². The van der Waals surface area contributed by atoms with E-state index in [0.29, 0.717) is 18.6 Å². The minimum atomic E-state index is 0. The van der Waals surface area contributed by atoms with Crippen LogP contribution < -0.4 is 10.6 Å². The van der Waals surface area contributed by atoms with Crippen LogP contribution in [0.5, 0.6) is 0 Å². The largest absolute Gasteiger partial charge is 0.375 e. The SMILES string of the molecule is CC1CCC(CCC(=O)NCCC2CCCNC2)O1.Cl. The first-order valence-electron chi connectivity index (χ1n) is 7.87. The summed E-state index contributed by atoms with van der Waals surface area (Å²) in [5.74, 6) is 0.931. The van der Waals surface area contributed by atoms with Crippen molar-refractivity contribution in [3.8, 4) is 0 Å². The summed E-state index contributed by atoms with van der Waals surface area (Å²) in [7, 11) is 0. The highest BCUT2D eigenvalue weighted by Gasteiger charge is 2.22. The zero-order valence-electron chi connectivity index (χ0n) is 12.5. The average molecular weight is 305 g/mol. The standard InChI is InChI=1S/C15H28N2O2.ClH/c1-12-4-5-14(19-12)6-7-15(18)17-10-8-13-3-2-9-16-11-13;/h12-14,16H,2-11H2,1H3,(H,17,18);1H. The van der Waals surface area contributed by atoms with Crippen molar-refractivity contribution < 1.29 is 9.53 Å². The maximum Gasteiger partial charge on any atom is 0.220 e. The molecular weight excluding hydrogens is 276 g/mol. The zero-order valence-corrected chi connectivity index (χ0v) is 13.3. The van der Waals surface area contributed by atoms with Crippen LogP contribution in [-0.4, -0.2) is 37.7 Å². The number of hydrogen-bond donors (Lipinski definition) is 2. The molecule has 2 aliphatic heterocycles. The summed E-state index contributed by atoms with van der Waals surface area (Å²) in [6.07, 6.45) is 8.11. The molecule has 118 valence electrons. The number of hydrogen-bond acceptors (Lipinski definition) is 3. The molecule has 4 nitrogen and oxygen atoms in total. The van der Waals surface area contributed by atoms with Gasteiger partial charge in [-0.25, -0.2) is 0 Å². The van der Waals surface area contributed by atoms with Gasteiger partial charge in [-0.3, -0.25) is 4.79 Å². The predicted octanol–water partition coefficient (Wildman–Crippen LogP) is 2.26. The number of carbonyl (C=O) groups is 1. The third-order valence-electron chi connectivity index (χ3n) is 4.29. The Hall–Kier alpha value is -0.320. The van der Waals surface area contributed by atoms with Crippen molar-refractivity contribution in [2.75, 3.05) is 19.6 Å². The van der Waals surface area contributed by atoms with Crippen molar-refractivity contribution in [2.45, 2.75) is 64.1 Å². The monoisotopic (exact) mass is 304 g/mol. The first-order chi connectivity index (χ1) is 9.24. The van der Waals surface area contributed by atoms with E-state index in [0.717, 1.165) is 51.2 Å². The molecule has 0 aromatic carbocycles. The van der Waals surface area contributed by atoms with Crippen molar-refractivity contribution in [1.82, 2.24) is 10.6 Å². The van der Waals surface area contributed by atoms with E-state index in [2.05, 4.69) is 17.6 Å². The molecule has 0 aromatic rings. The Kier molecular flexibility index (Phi) is 8.50. The molecule has 3 atom stereocenters. The topological polar surface area (TPSA) is 50.4 Å². The molecule has 20 heavy (non-hydrogen) atoms. The van der Waals surface area contributed by atoms with Gasteiger partial charge in [0.05, 0.1) is 12.2 Å². The van der Waals surface area contributed by atoms with Gasteiger partial charge in [-0.1, -0.05) is 0 Å². The fourth-order valence-corrected chi connectivity index (χ4v) is 3.06. The van der Waals surface area contributed by atoms with E-state index in [1.807, 2.05) is 0 Å². The van der Waals surface area contributed by atoms with Gasteiger partial charge in [-0.15, -0.1) is 12.4 Å². The van der Waals surface area contributed by atoms with E-state index in [4.69, 9.17) is 4.74 Å². The maximum absolute atomic E-state index is 11.7. The van der Waals surface area contributed by atoms with Gasteiger partial charge in [-0.2, -0.15) is 0 Å². The normalized spacial score (nSPS) is 29.8. The van der Waals surface area contributed by atoms with Crippen molar-refractivity contribution in [2.24, 2.45) is 5.92 Å². The van der Waals surface area contributed by atoms with Gasteiger partial charge in [0.15, 0.2) is 0 Å². The van der Waals surface area contributed by atoms with Gasteiger partial charge >= 0.3 is 0 Å². The fourth-order valence-electron chi connectivity index (χ4n) is 3.06. The van der Waals surface area contributed by atoms with Gasteiger partial charge in [-0.05, 0) is 64.5 Å². The number of rotatable bonds is 6. The number of halogens is 1. The molecule has 0 aliphatic carbocycles. The lowest BCUT2D eigenvalue weighted by molar-refractivity contribution is -0.121. The van der Waals surface area contributed by atoms with E-state index in [-0.39, 0.29) is 18.3 Å². The Morgan fingerprint density at radius 1 is 1.30 bits per heavy atom. The Labute approximate surface area is 128 Å². The highest BCUT2D eigenvalue weighted by Crippen LogP contribution is 2.22. The quantitative estimate of drug-likeness (QED) is 0.791. The molecule has 0 aromatic heterocycles. The lowest BCUT2D eigenvalue weighted by atomic mass is 9.96. The van der Waals surface area contributed by atoms with Crippen molar-refractivity contribution >= 4 is 18.3 Å². The minimum Gasteiger partial charge on any atom is -0.375 e. The molecule has 5 heteroatoms. The van der Waals surface area contributed by atoms with Crippen molar-refractivity contribution in [1.29, 1.82) is 0 Å². The number of amides is 1. The Bertz CT molecular complexity index is 283. The molecule has 1 amide bonds. The fraction of sp³-hybridized carbons (Fsp3) is 0.933. The summed E-state index contributed by atoms with van der Waals surface area (Å²) in [6, 6.07) is 0. The van der Waals surface area contributed by atoms with Gasteiger partial charge in [0.25, 0.3) is 0 Å². The maximum atomic E-state index is 11.7. The number of piperidine rings is 1. The van der Waals surface area contributed by atoms with E-state index in [1.54, 1.807) is 0 Å². The third-order valence-corrected chi connectivity index (χ3v) is 4.29. The van der Waals surface area contributed by atoms with Crippen LogP contribution in [0, 0.1) is 5.92 Å². The van der Waals surface area contributed by atoms with E-state index in [1.165, 1.54) is 12.8 Å². The number of ether oxygens (including phenoxy) is 1. The summed E-state index contributed by atoms with van der Waals surface area (Å²) in [6.45, 7) is 5.21. The lowest BCUT2D eigenvalue weighted by Gasteiger charge is -2.22. The second-order valence-electron chi connectivity index (χ2n) is 6.04. The predicted molar refractivity (Wildman–Crippen MR) is 83.3 cm³/mol. The van der Waals surface area contributed by atoms with E-state index >= 15 is 0 Å². The van der Waals surface area contributed by atoms with Crippen LogP contribution in [0.2, 0.25) is 0 Å². The lowest BCUT2D eigenvalue weighted by Crippen LogP contribution is -2.33. The number of nitrogens with one attached hydrogen (secondary N) is 2. The van der Waals surface area contributed by atoms with E-state index < -0.39 is 0 Å². The molecule has 2 saturated heterocycles. The summed E-state index contributed by atoms with van der Waals surface area (Å²) in [4.78, 5) is 11.7. The van der Waals surface area contributed by atoms with Crippen molar-refractivity contribution in [3.05, 3.63) is 0 Å². The molecule has 2 N–H and O–H groups in total. The van der Waals surface area contributed by atoms with Crippen LogP contribution >= 0.6 is 12.4 Å². The highest BCUT2D eigenvalue weighted by atomic mass is 35.5. The smallest absolute Gasteiger partial charge is 0.220 e. The Morgan fingerprint density at radius 2 is 2.15 bits per heavy atom. The van der Waals surface area contributed by atoms with Crippen LogP contribution in [0.1, 0.15) is 51.9 Å². The molecule has 2 heterocycles. The Morgan fingerprint density at radius 3 is 2.80 bits per heavy atom. The first-order valence-corrected chi connectivity index (χ1v) is 7.87. The van der Waals surface area contributed by atoms with Crippen LogP contribution in [0.4, 0.5) is 0 Å². The van der Waals surface area contributed by atoms with E-state index in [9.17, 15) is 4.79 Å². The molecule has 0 saturated carbocycles. The molecule has 0 radical (unpaired) electrons. The average Bonchev–Trinajstić information content (AvgIpc) is 2.83. The van der Waals surface area contributed by atoms with Crippen LogP contribution in [0.25, 0.3) is 0 Å². The van der Waals surface area contributed by atoms with Crippen LogP contribution in [0.15, 0.2) is 0 Å². The second kappa shape index (κ2) is 9.59. The molecule has 2 fully saturated rings. The van der Waals surface area contributed by atoms with Crippen molar-refractivity contribution in [3.63, 3.8) is 0 Å². The minimum absolute atomic E-state index is 0. The highest BCUT2D eigenvalue weighted by molar-refractivity contribution is 5.85. The van der Waals surface area contributed by atoms with Crippen LogP contribution in [0.3, 0.4) is 0 Å². The molecule has 3 unspecified atom stereocenters. The first kappa shape index (κ1) is 17.7. The third kappa shape index (κ3) is 6.42. The molecular formula is C15H29ClN2O2. The molecule has 0 bridgehead atoms. The summed E-state index contributed by atoms with van der Waals surface area (Å²) < 4.78 is 5.72. The van der Waals surface area contributed by atoms with Gasteiger partial charge in [0, 0.05) is 13.0 Å². The molecule has 0 spiro atoms. The molecule has 2 aliphatic rings. The number of carbonyl (C=O) groups excluding carboxylic acids is 1. The second-order valence-corrected chi connectivity index (χ2v) is 6.04. The summed E-state index contributed by atoms with van der Waals surface area (Å²) >= 11 is 0. The van der Waals surface area contributed by atoms with Crippen LogP contribution in [-0.2, 0) is 9.53 Å².